The summed E-state index contributed by atoms with van der Waals surface area (Å²) < 4.78 is 2.28. The SMILES string of the molecule is CCn1c(CN2CCC[C@H](C(=O)Nc3ccccc3C)C2)nc2ccccc21. The number of rotatable bonds is 5. The molecule has 0 aliphatic carbocycles. The number of hydrogen-bond acceptors (Lipinski definition) is 3. The number of anilines is 1. The third-order valence-electron chi connectivity index (χ3n) is 5.69. The molecular weight excluding hydrogens is 348 g/mol. The summed E-state index contributed by atoms with van der Waals surface area (Å²) >= 11 is 0. The fraction of sp³-hybridized carbons (Fsp3) is 0.391. The average molecular weight is 377 g/mol. The summed E-state index contributed by atoms with van der Waals surface area (Å²) in [4.78, 5) is 20.0. The number of nitrogens with one attached hydrogen (secondary N) is 1. The second-order valence-electron chi connectivity index (χ2n) is 7.64. The predicted octanol–water partition coefficient (Wildman–Crippen LogP) is 4.22. The molecule has 1 fully saturated rings. The number of likely N-dealkylation sites (tertiary alicyclic amines) is 1. The van der Waals surface area contributed by atoms with Gasteiger partial charge in [0.1, 0.15) is 5.82 Å². The molecule has 0 bridgehead atoms. The zero-order valence-corrected chi connectivity index (χ0v) is 16.7. The highest BCUT2D eigenvalue weighted by Gasteiger charge is 2.27. The van der Waals surface area contributed by atoms with E-state index in [2.05, 4.69) is 39.9 Å². The van der Waals surface area contributed by atoms with Crippen molar-refractivity contribution in [1.29, 1.82) is 0 Å². The van der Waals surface area contributed by atoms with E-state index in [0.717, 1.165) is 61.6 Å². The van der Waals surface area contributed by atoms with Crippen molar-refractivity contribution < 1.29 is 4.79 Å². The molecule has 1 saturated heterocycles. The summed E-state index contributed by atoms with van der Waals surface area (Å²) in [5.74, 6) is 1.24. The van der Waals surface area contributed by atoms with E-state index in [4.69, 9.17) is 4.98 Å². The third kappa shape index (κ3) is 3.80. The van der Waals surface area contributed by atoms with E-state index in [9.17, 15) is 4.79 Å². The van der Waals surface area contributed by atoms with Gasteiger partial charge in [-0.25, -0.2) is 4.98 Å². The molecule has 0 saturated carbocycles. The molecule has 146 valence electrons. The molecule has 2 aromatic carbocycles. The molecule has 0 spiro atoms. The van der Waals surface area contributed by atoms with Gasteiger partial charge in [-0.05, 0) is 57.0 Å². The highest BCUT2D eigenvalue weighted by Crippen LogP contribution is 2.23. The first-order valence-corrected chi connectivity index (χ1v) is 10.2. The third-order valence-corrected chi connectivity index (χ3v) is 5.69. The van der Waals surface area contributed by atoms with Crippen LogP contribution in [0.1, 0.15) is 31.2 Å². The average Bonchev–Trinajstić information content (AvgIpc) is 3.06. The van der Waals surface area contributed by atoms with Crippen molar-refractivity contribution in [2.24, 2.45) is 5.92 Å². The van der Waals surface area contributed by atoms with Crippen molar-refractivity contribution in [3.05, 3.63) is 59.9 Å². The molecule has 4 rings (SSSR count). The Labute approximate surface area is 166 Å². The minimum Gasteiger partial charge on any atom is -0.327 e. The van der Waals surface area contributed by atoms with E-state index in [1.54, 1.807) is 0 Å². The number of imidazole rings is 1. The number of amides is 1. The van der Waals surface area contributed by atoms with Crippen molar-refractivity contribution in [3.8, 4) is 0 Å². The Morgan fingerprint density at radius 2 is 1.96 bits per heavy atom. The van der Waals surface area contributed by atoms with E-state index in [1.807, 2.05) is 37.3 Å². The Hall–Kier alpha value is -2.66. The lowest BCUT2D eigenvalue weighted by atomic mass is 9.97. The van der Waals surface area contributed by atoms with Crippen LogP contribution in [-0.2, 0) is 17.9 Å². The molecule has 0 unspecified atom stereocenters. The Balaban J connectivity index is 1.46. The number of para-hydroxylation sites is 3. The van der Waals surface area contributed by atoms with Crippen molar-refractivity contribution in [2.75, 3.05) is 18.4 Å². The molecule has 1 amide bonds. The summed E-state index contributed by atoms with van der Waals surface area (Å²) in [5, 5.41) is 3.12. The number of carbonyl (C=O) groups is 1. The number of nitrogens with zero attached hydrogens (tertiary/aromatic N) is 3. The van der Waals surface area contributed by atoms with Crippen molar-refractivity contribution in [3.63, 3.8) is 0 Å². The number of aryl methyl sites for hydroxylation is 2. The molecule has 5 nitrogen and oxygen atoms in total. The van der Waals surface area contributed by atoms with E-state index < -0.39 is 0 Å². The fourth-order valence-corrected chi connectivity index (χ4v) is 4.16. The van der Waals surface area contributed by atoms with Crippen LogP contribution in [0, 0.1) is 12.8 Å². The molecule has 1 aliphatic rings. The van der Waals surface area contributed by atoms with Crippen LogP contribution >= 0.6 is 0 Å². The van der Waals surface area contributed by atoms with Crippen molar-refractivity contribution >= 4 is 22.6 Å². The van der Waals surface area contributed by atoms with E-state index in [-0.39, 0.29) is 11.8 Å². The summed E-state index contributed by atoms with van der Waals surface area (Å²) in [7, 11) is 0. The topological polar surface area (TPSA) is 50.2 Å². The quantitative estimate of drug-likeness (QED) is 0.725. The van der Waals surface area contributed by atoms with Gasteiger partial charge in [0.25, 0.3) is 0 Å². The molecule has 1 atom stereocenters. The lowest BCUT2D eigenvalue weighted by Gasteiger charge is -2.31. The van der Waals surface area contributed by atoms with Crippen LogP contribution in [0.3, 0.4) is 0 Å². The van der Waals surface area contributed by atoms with E-state index >= 15 is 0 Å². The molecule has 2 heterocycles. The van der Waals surface area contributed by atoms with Gasteiger partial charge >= 0.3 is 0 Å². The highest BCUT2D eigenvalue weighted by molar-refractivity contribution is 5.93. The van der Waals surface area contributed by atoms with Gasteiger partial charge in [0.15, 0.2) is 0 Å². The smallest absolute Gasteiger partial charge is 0.228 e. The Kier molecular flexibility index (Phi) is 5.44. The van der Waals surface area contributed by atoms with Gasteiger partial charge in [-0.1, -0.05) is 30.3 Å². The van der Waals surface area contributed by atoms with E-state index in [0.29, 0.717) is 0 Å². The first-order valence-electron chi connectivity index (χ1n) is 10.2. The maximum Gasteiger partial charge on any atom is 0.228 e. The molecular formula is C23H28N4O. The van der Waals surface area contributed by atoms with Crippen LogP contribution in [0.5, 0.6) is 0 Å². The number of hydrogen-bond donors (Lipinski definition) is 1. The van der Waals surface area contributed by atoms with Gasteiger partial charge in [-0.2, -0.15) is 0 Å². The Bertz CT molecular complexity index is 978. The van der Waals surface area contributed by atoms with Crippen LogP contribution in [-0.4, -0.2) is 33.4 Å². The van der Waals surface area contributed by atoms with Gasteiger partial charge in [-0.3, -0.25) is 9.69 Å². The Morgan fingerprint density at radius 1 is 1.18 bits per heavy atom. The van der Waals surface area contributed by atoms with E-state index in [1.165, 1.54) is 5.52 Å². The summed E-state index contributed by atoms with van der Waals surface area (Å²) in [5.41, 5.74) is 4.24. The van der Waals surface area contributed by atoms with Crippen LogP contribution in [0.15, 0.2) is 48.5 Å². The van der Waals surface area contributed by atoms with Gasteiger partial charge in [0.2, 0.25) is 5.91 Å². The summed E-state index contributed by atoms with van der Waals surface area (Å²) in [6.07, 6.45) is 1.98. The van der Waals surface area contributed by atoms with Crippen LogP contribution < -0.4 is 5.32 Å². The molecule has 5 heteroatoms. The number of fused-ring (bicyclic) bond motifs is 1. The van der Waals surface area contributed by atoms with Crippen LogP contribution in [0.4, 0.5) is 5.69 Å². The summed E-state index contributed by atoms with van der Waals surface area (Å²) in [6, 6.07) is 16.2. The number of aromatic nitrogens is 2. The number of benzene rings is 2. The molecule has 0 radical (unpaired) electrons. The normalized spacial score (nSPS) is 17.7. The maximum absolute atomic E-state index is 12.8. The monoisotopic (exact) mass is 376 g/mol. The second kappa shape index (κ2) is 8.15. The Morgan fingerprint density at radius 3 is 2.79 bits per heavy atom. The zero-order chi connectivity index (χ0) is 19.5. The van der Waals surface area contributed by atoms with Gasteiger partial charge in [-0.15, -0.1) is 0 Å². The fourth-order valence-electron chi connectivity index (χ4n) is 4.16. The first-order chi connectivity index (χ1) is 13.7. The zero-order valence-electron chi connectivity index (χ0n) is 16.7. The van der Waals surface area contributed by atoms with Crippen LogP contribution in [0.2, 0.25) is 0 Å². The highest BCUT2D eigenvalue weighted by atomic mass is 16.1. The largest absolute Gasteiger partial charge is 0.327 e. The predicted molar refractivity (Wildman–Crippen MR) is 113 cm³/mol. The number of carbonyl (C=O) groups excluding carboxylic acids is 1. The molecule has 28 heavy (non-hydrogen) atoms. The first kappa shape index (κ1) is 18.7. The van der Waals surface area contributed by atoms with Crippen LogP contribution in [0.25, 0.3) is 11.0 Å². The van der Waals surface area contributed by atoms with Gasteiger partial charge in [0, 0.05) is 18.8 Å². The standard InChI is InChI=1S/C23H28N4O/c1-3-27-21-13-7-6-12-20(21)24-22(27)16-26-14-8-10-18(15-26)23(28)25-19-11-5-4-9-17(19)2/h4-7,9,11-13,18H,3,8,10,14-16H2,1-2H3,(H,25,28)/t18-/m0/s1. The molecule has 1 N–H and O–H groups in total. The molecule has 1 aromatic heterocycles. The number of piperidine rings is 1. The molecule has 1 aliphatic heterocycles. The molecule has 3 aromatic rings. The second-order valence-corrected chi connectivity index (χ2v) is 7.64. The van der Waals surface area contributed by atoms with Crippen molar-refractivity contribution in [1.82, 2.24) is 14.5 Å². The maximum atomic E-state index is 12.8. The van der Waals surface area contributed by atoms with Gasteiger partial charge in [0.05, 0.1) is 23.5 Å². The minimum absolute atomic E-state index is 0.0211. The summed E-state index contributed by atoms with van der Waals surface area (Å²) in [6.45, 7) is 7.67. The lowest BCUT2D eigenvalue weighted by Crippen LogP contribution is -2.40. The minimum atomic E-state index is 0.0211. The van der Waals surface area contributed by atoms with Crippen molar-refractivity contribution in [2.45, 2.75) is 39.8 Å². The lowest BCUT2D eigenvalue weighted by molar-refractivity contribution is -0.121. The van der Waals surface area contributed by atoms with Gasteiger partial charge < -0.3 is 9.88 Å².